The highest BCUT2D eigenvalue weighted by atomic mass is 32.2. The average Bonchev–Trinajstić information content (AvgIpc) is 2.74. The van der Waals surface area contributed by atoms with E-state index in [-0.39, 0.29) is 18.2 Å². The Hall–Kier alpha value is -2.47. The normalized spacial score (nSPS) is 16.6. The summed E-state index contributed by atoms with van der Waals surface area (Å²) < 4.78 is 0. The van der Waals surface area contributed by atoms with E-state index in [1.165, 1.54) is 19.3 Å². The highest BCUT2D eigenvalue weighted by Gasteiger charge is 2.25. The van der Waals surface area contributed by atoms with Crippen molar-refractivity contribution in [1.29, 1.82) is 0 Å². The van der Waals surface area contributed by atoms with Crippen molar-refractivity contribution in [2.24, 2.45) is 0 Å². The molecule has 4 rings (SSSR count). The third-order valence-corrected chi connectivity index (χ3v) is 6.29. The molecule has 0 aromatic heterocycles. The van der Waals surface area contributed by atoms with E-state index in [9.17, 15) is 9.59 Å². The minimum Gasteiger partial charge on any atom is -0.370 e. The molecule has 2 aromatic carbocycles. The summed E-state index contributed by atoms with van der Waals surface area (Å²) in [6.45, 7) is 2.46. The van der Waals surface area contributed by atoms with Gasteiger partial charge in [0.1, 0.15) is 0 Å². The summed E-state index contributed by atoms with van der Waals surface area (Å²) >= 11 is 1.56. The lowest BCUT2D eigenvalue weighted by atomic mass is 10.1. The summed E-state index contributed by atoms with van der Waals surface area (Å²) in [6.07, 6.45) is 3.93. The number of para-hydroxylation sites is 3. The first-order chi connectivity index (χ1) is 13.7. The maximum atomic E-state index is 12.6. The van der Waals surface area contributed by atoms with Crippen molar-refractivity contribution >= 4 is 40.6 Å². The van der Waals surface area contributed by atoms with E-state index in [4.69, 9.17) is 0 Å². The van der Waals surface area contributed by atoms with Crippen LogP contribution in [-0.2, 0) is 9.59 Å². The highest BCUT2D eigenvalue weighted by Crippen LogP contribution is 2.35. The Morgan fingerprint density at radius 1 is 0.964 bits per heavy atom. The topological polar surface area (TPSA) is 52.7 Å². The first kappa shape index (κ1) is 18.9. The molecular weight excluding hydrogens is 370 g/mol. The fourth-order valence-corrected chi connectivity index (χ4v) is 4.75. The summed E-state index contributed by atoms with van der Waals surface area (Å²) in [5, 5.41) is 3.06. The van der Waals surface area contributed by atoms with Gasteiger partial charge in [0.2, 0.25) is 11.8 Å². The van der Waals surface area contributed by atoms with E-state index in [0.29, 0.717) is 12.3 Å². The van der Waals surface area contributed by atoms with Crippen molar-refractivity contribution in [3.05, 3.63) is 48.5 Å². The van der Waals surface area contributed by atoms with Gasteiger partial charge < -0.3 is 15.1 Å². The zero-order valence-electron chi connectivity index (χ0n) is 15.9. The van der Waals surface area contributed by atoms with E-state index in [1.54, 1.807) is 16.7 Å². The lowest BCUT2D eigenvalue weighted by molar-refractivity contribution is -0.117. The number of carbonyl (C=O) groups is 2. The van der Waals surface area contributed by atoms with Crippen LogP contribution in [0.2, 0.25) is 0 Å². The fourth-order valence-electron chi connectivity index (χ4n) is 3.82. The Morgan fingerprint density at radius 2 is 1.68 bits per heavy atom. The molecule has 5 nitrogen and oxygen atoms in total. The predicted molar refractivity (Wildman–Crippen MR) is 115 cm³/mol. The molecule has 1 N–H and O–H groups in total. The van der Waals surface area contributed by atoms with Crippen LogP contribution in [0.1, 0.15) is 25.7 Å². The number of nitrogens with zero attached hydrogens (tertiary/aromatic N) is 2. The molecule has 0 atom stereocenters. The lowest BCUT2D eigenvalue weighted by Crippen LogP contribution is -2.37. The molecule has 28 heavy (non-hydrogen) atoms. The van der Waals surface area contributed by atoms with Crippen LogP contribution >= 0.6 is 11.8 Å². The fraction of sp³-hybridized carbons (Fsp3) is 0.364. The van der Waals surface area contributed by atoms with Crippen molar-refractivity contribution < 1.29 is 9.59 Å². The van der Waals surface area contributed by atoms with E-state index >= 15 is 0 Å². The Kier molecular flexibility index (Phi) is 5.86. The Bertz CT molecular complexity index is 864. The van der Waals surface area contributed by atoms with Crippen molar-refractivity contribution in [1.82, 2.24) is 0 Å². The molecule has 0 spiro atoms. The molecule has 1 fully saturated rings. The average molecular weight is 396 g/mol. The predicted octanol–water partition coefficient (Wildman–Crippen LogP) is 4.14. The number of nitrogens with one attached hydrogen (secondary N) is 1. The van der Waals surface area contributed by atoms with Gasteiger partial charge in [-0.15, -0.1) is 11.8 Å². The summed E-state index contributed by atoms with van der Waals surface area (Å²) in [7, 11) is 0. The molecular formula is C22H25N3O2S. The minimum absolute atomic E-state index is 0.0604. The molecule has 0 aliphatic carbocycles. The van der Waals surface area contributed by atoms with Crippen LogP contribution in [-0.4, -0.2) is 37.2 Å². The molecule has 2 aliphatic heterocycles. The van der Waals surface area contributed by atoms with Gasteiger partial charge >= 0.3 is 0 Å². The standard InChI is InChI=1S/C22H25N3O2S/c26-21(12-15-25-19-10-4-5-11-20(19)28-16-22(25)27)23-17-8-2-3-9-18(17)24-13-6-1-7-14-24/h2-5,8-11H,1,6-7,12-16H2,(H,23,26). The number of carbonyl (C=O) groups excluding carboxylic acids is 2. The summed E-state index contributed by atoms with van der Waals surface area (Å²) in [5.74, 6) is 0.425. The van der Waals surface area contributed by atoms with E-state index in [2.05, 4.69) is 16.3 Å². The summed E-state index contributed by atoms with van der Waals surface area (Å²) in [6, 6.07) is 15.9. The number of piperidine rings is 1. The molecule has 6 heteroatoms. The smallest absolute Gasteiger partial charge is 0.237 e. The molecule has 146 valence electrons. The zero-order valence-corrected chi connectivity index (χ0v) is 16.7. The van der Waals surface area contributed by atoms with Crippen LogP contribution in [0.25, 0.3) is 0 Å². The number of rotatable bonds is 5. The van der Waals surface area contributed by atoms with Gasteiger partial charge in [-0.3, -0.25) is 9.59 Å². The van der Waals surface area contributed by atoms with Gasteiger partial charge in [0.15, 0.2) is 0 Å². The van der Waals surface area contributed by atoms with E-state index < -0.39 is 0 Å². The van der Waals surface area contributed by atoms with Gasteiger partial charge in [-0.2, -0.15) is 0 Å². The van der Waals surface area contributed by atoms with Crippen molar-refractivity contribution in [2.45, 2.75) is 30.6 Å². The Balaban J connectivity index is 1.41. The summed E-state index contributed by atoms with van der Waals surface area (Å²) in [4.78, 5) is 30.2. The quantitative estimate of drug-likeness (QED) is 0.827. The van der Waals surface area contributed by atoms with Crippen LogP contribution in [0.4, 0.5) is 17.1 Å². The molecule has 2 heterocycles. The molecule has 0 saturated carbocycles. The second-order valence-electron chi connectivity index (χ2n) is 7.16. The molecule has 2 aromatic rings. The number of benzene rings is 2. The SMILES string of the molecule is O=C(CCN1C(=O)CSc2ccccc21)Nc1ccccc1N1CCCCC1. The zero-order chi connectivity index (χ0) is 19.3. The van der Waals surface area contributed by atoms with Crippen LogP contribution in [0.15, 0.2) is 53.4 Å². The largest absolute Gasteiger partial charge is 0.370 e. The monoisotopic (exact) mass is 395 g/mol. The van der Waals surface area contributed by atoms with Gasteiger partial charge in [0.25, 0.3) is 0 Å². The molecule has 0 radical (unpaired) electrons. The van der Waals surface area contributed by atoms with Gasteiger partial charge in [-0.1, -0.05) is 24.3 Å². The van der Waals surface area contributed by atoms with Crippen molar-refractivity contribution in [2.75, 3.05) is 40.5 Å². The number of hydrogen-bond acceptors (Lipinski definition) is 4. The van der Waals surface area contributed by atoms with Crippen LogP contribution < -0.4 is 15.1 Å². The molecule has 0 unspecified atom stereocenters. The van der Waals surface area contributed by atoms with Gasteiger partial charge in [0, 0.05) is 31.0 Å². The lowest BCUT2D eigenvalue weighted by Gasteiger charge is -2.31. The maximum absolute atomic E-state index is 12.6. The molecule has 2 aliphatic rings. The van der Waals surface area contributed by atoms with Gasteiger partial charge in [-0.05, 0) is 43.5 Å². The van der Waals surface area contributed by atoms with Crippen LogP contribution in [0.5, 0.6) is 0 Å². The number of fused-ring (bicyclic) bond motifs is 1. The first-order valence-corrected chi connectivity index (χ1v) is 10.9. The number of anilines is 3. The summed E-state index contributed by atoms with van der Waals surface area (Å²) in [5.41, 5.74) is 2.85. The number of amides is 2. The van der Waals surface area contributed by atoms with E-state index in [0.717, 1.165) is 35.0 Å². The van der Waals surface area contributed by atoms with Gasteiger partial charge in [0.05, 0.1) is 22.8 Å². The molecule has 2 amide bonds. The highest BCUT2D eigenvalue weighted by molar-refractivity contribution is 8.00. The molecule has 0 bridgehead atoms. The van der Waals surface area contributed by atoms with Crippen molar-refractivity contribution in [3.63, 3.8) is 0 Å². The van der Waals surface area contributed by atoms with Crippen LogP contribution in [0.3, 0.4) is 0 Å². The third kappa shape index (κ3) is 4.17. The van der Waals surface area contributed by atoms with Gasteiger partial charge in [-0.25, -0.2) is 0 Å². The Labute approximate surface area is 170 Å². The number of hydrogen-bond donors (Lipinski definition) is 1. The second-order valence-corrected chi connectivity index (χ2v) is 8.18. The molecule has 1 saturated heterocycles. The van der Waals surface area contributed by atoms with Crippen LogP contribution in [0, 0.1) is 0 Å². The third-order valence-electron chi connectivity index (χ3n) is 5.25. The van der Waals surface area contributed by atoms with Crippen molar-refractivity contribution in [3.8, 4) is 0 Å². The van der Waals surface area contributed by atoms with E-state index in [1.807, 2.05) is 42.5 Å². The number of thioether (sulfide) groups is 1. The second kappa shape index (κ2) is 8.69. The maximum Gasteiger partial charge on any atom is 0.237 e. The first-order valence-electron chi connectivity index (χ1n) is 9.88. The Morgan fingerprint density at radius 3 is 2.50 bits per heavy atom. The minimum atomic E-state index is -0.0621.